The van der Waals surface area contributed by atoms with Gasteiger partial charge in [0.2, 0.25) is 5.91 Å². The van der Waals surface area contributed by atoms with Crippen molar-refractivity contribution >= 4 is 23.6 Å². The molecule has 0 aliphatic rings. The number of rotatable bonds is 6. The van der Waals surface area contributed by atoms with Gasteiger partial charge in [-0.3, -0.25) is 9.59 Å². The van der Waals surface area contributed by atoms with Gasteiger partial charge in [0.25, 0.3) is 5.91 Å². The Bertz CT molecular complexity index is 954. The molecule has 7 heteroatoms. The highest BCUT2D eigenvalue weighted by Gasteiger charge is 2.17. The summed E-state index contributed by atoms with van der Waals surface area (Å²) >= 11 is 0. The van der Waals surface area contributed by atoms with Gasteiger partial charge in [-0.2, -0.15) is 0 Å². The van der Waals surface area contributed by atoms with Crippen LogP contribution in [0.5, 0.6) is 0 Å². The fourth-order valence-electron chi connectivity index (χ4n) is 2.86. The molecule has 0 bridgehead atoms. The minimum Gasteiger partial charge on any atom is -0.444 e. The molecule has 32 heavy (non-hydrogen) atoms. The third kappa shape index (κ3) is 8.06. The number of hydrogen-bond acceptors (Lipinski definition) is 4. The Morgan fingerprint density at radius 3 is 2.06 bits per heavy atom. The van der Waals surface area contributed by atoms with Gasteiger partial charge in [0.05, 0.1) is 0 Å². The van der Waals surface area contributed by atoms with Crippen LogP contribution in [0.4, 0.5) is 10.5 Å². The number of nitrogens with one attached hydrogen (secondary N) is 3. The molecule has 2 aromatic carbocycles. The first-order chi connectivity index (χ1) is 14.8. The molecule has 172 valence electrons. The van der Waals surface area contributed by atoms with E-state index < -0.39 is 17.6 Å². The number of carbonyl (C=O) groups is 3. The summed E-state index contributed by atoms with van der Waals surface area (Å²) in [6.45, 7) is 11.6. The molecular weight excluding hydrogens is 406 g/mol. The van der Waals surface area contributed by atoms with Gasteiger partial charge in [0.15, 0.2) is 0 Å². The van der Waals surface area contributed by atoms with Gasteiger partial charge in [-0.05, 0) is 55.5 Å². The molecule has 0 fully saturated rings. The predicted octanol–water partition coefficient (Wildman–Crippen LogP) is 4.38. The number of benzene rings is 2. The number of ether oxygens (including phenoxy) is 1. The summed E-state index contributed by atoms with van der Waals surface area (Å²) in [4.78, 5) is 36.5. The maximum atomic E-state index is 12.5. The maximum Gasteiger partial charge on any atom is 0.408 e. The highest BCUT2D eigenvalue weighted by Crippen LogP contribution is 2.22. The van der Waals surface area contributed by atoms with Crippen molar-refractivity contribution in [3.8, 4) is 0 Å². The first-order valence-electron chi connectivity index (χ1n) is 10.6. The quantitative estimate of drug-likeness (QED) is 0.622. The molecule has 3 N–H and O–H groups in total. The van der Waals surface area contributed by atoms with Crippen molar-refractivity contribution in [1.29, 1.82) is 0 Å². The van der Waals surface area contributed by atoms with E-state index in [0.29, 0.717) is 11.3 Å². The van der Waals surface area contributed by atoms with Crippen molar-refractivity contribution in [3.05, 3.63) is 65.2 Å². The van der Waals surface area contributed by atoms with Gasteiger partial charge in [-0.1, -0.05) is 51.1 Å². The molecule has 7 nitrogen and oxygen atoms in total. The van der Waals surface area contributed by atoms with Crippen molar-refractivity contribution in [3.63, 3.8) is 0 Å². The van der Waals surface area contributed by atoms with Gasteiger partial charge in [-0.15, -0.1) is 0 Å². The Kier molecular flexibility index (Phi) is 8.02. The van der Waals surface area contributed by atoms with Gasteiger partial charge in [0.1, 0.15) is 12.1 Å². The molecule has 0 aromatic heterocycles. The summed E-state index contributed by atoms with van der Waals surface area (Å²) in [6, 6.07) is 14.7. The zero-order valence-corrected chi connectivity index (χ0v) is 19.7. The Labute approximate surface area is 189 Å². The van der Waals surface area contributed by atoms with Crippen LogP contribution in [0.2, 0.25) is 0 Å². The third-order valence-electron chi connectivity index (χ3n) is 4.54. The van der Waals surface area contributed by atoms with E-state index in [2.05, 4.69) is 36.7 Å². The van der Waals surface area contributed by atoms with Crippen LogP contribution in [-0.2, 0) is 21.5 Å². The highest BCUT2D eigenvalue weighted by atomic mass is 16.6. The average molecular weight is 440 g/mol. The molecule has 0 saturated carbocycles. The summed E-state index contributed by atoms with van der Waals surface area (Å²) < 4.78 is 5.12. The van der Waals surface area contributed by atoms with Crippen LogP contribution in [0, 0.1) is 0 Å². The fourth-order valence-corrected chi connectivity index (χ4v) is 2.86. The Hall–Kier alpha value is -3.35. The zero-order chi connectivity index (χ0) is 23.9. The minimum atomic E-state index is -0.661. The summed E-state index contributed by atoms with van der Waals surface area (Å²) in [7, 11) is 0. The smallest absolute Gasteiger partial charge is 0.408 e. The first kappa shape index (κ1) is 24.9. The second-order valence-electron chi connectivity index (χ2n) is 9.57. The van der Waals surface area contributed by atoms with Gasteiger partial charge in [-0.25, -0.2) is 4.79 Å². The van der Waals surface area contributed by atoms with E-state index in [-0.39, 0.29) is 24.4 Å². The van der Waals surface area contributed by atoms with Crippen LogP contribution in [0.3, 0.4) is 0 Å². The SMILES string of the molecule is CC(C)(C)OC(=O)NCC(=O)Nc1ccccc1CNC(=O)c1ccc(C(C)(C)C)cc1. The zero-order valence-electron chi connectivity index (χ0n) is 19.7. The summed E-state index contributed by atoms with van der Waals surface area (Å²) in [6.07, 6.45) is -0.661. The molecular formula is C25H33N3O4. The van der Waals surface area contributed by atoms with Crippen molar-refractivity contribution in [1.82, 2.24) is 10.6 Å². The van der Waals surface area contributed by atoms with Crippen molar-refractivity contribution in [2.45, 2.75) is 59.1 Å². The number of para-hydroxylation sites is 1. The van der Waals surface area contributed by atoms with Crippen molar-refractivity contribution in [2.24, 2.45) is 0 Å². The van der Waals surface area contributed by atoms with Gasteiger partial charge >= 0.3 is 6.09 Å². The number of alkyl carbamates (subject to hydrolysis) is 1. The van der Waals surface area contributed by atoms with E-state index in [9.17, 15) is 14.4 Å². The lowest BCUT2D eigenvalue weighted by Crippen LogP contribution is -2.37. The normalized spacial score (nSPS) is 11.4. The molecule has 0 spiro atoms. The topological polar surface area (TPSA) is 96.5 Å². The summed E-state index contributed by atoms with van der Waals surface area (Å²) in [5.41, 5.74) is 2.41. The van der Waals surface area contributed by atoms with E-state index in [1.165, 1.54) is 0 Å². The van der Waals surface area contributed by atoms with Gasteiger partial charge in [0, 0.05) is 17.8 Å². The molecule has 2 aromatic rings. The minimum absolute atomic E-state index is 0.0183. The lowest BCUT2D eigenvalue weighted by molar-refractivity contribution is -0.115. The molecule has 0 heterocycles. The number of carbonyl (C=O) groups excluding carboxylic acids is 3. The van der Waals surface area contributed by atoms with Crippen LogP contribution in [-0.4, -0.2) is 30.1 Å². The first-order valence-corrected chi connectivity index (χ1v) is 10.6. The van der Waals surface area contributed by atoms with Gasteiger partial charge < -0.3 is 20.7 Å². The van der Waals surface area contributed by atoms with Crippen LogP contribution < -0.4 is 16.0 Å². The second kappa shape index (κ2) is 10.3. The molecule has 0 saturated heterocycles. The number of amides is 3. The third-order valence-corrected chi connectivity index (χ3v) is 4.54. The number of hydrogen-bond donors (Lipinski definition) is 3. The van der Waals surface area contributed by atoms with E-state index in [4.69, 9.17) is 4.74 Å². The Balaban J connectivity index is 1.93. The lowest BCUT2D eigenvalue weighted by Gasteiger charge is -2.19. The summed E-state index contributed by atoms with van der Waals surface area (Å²) in [5, 5.41) is 8.06. The van der Waals surface area contributed by atoms with Crippen molar-refractivity contribution < 1.29 is 19.1 Å². The second-order valence-corrected chi connectivity index (χ2v) is 9.57. The molecule has 2 rings (SSSR count). The average Bonchev–Trinajstić information content (AvgIpc) is 2.69. The lowest BCUT2D eigenvalue weighted by atomic mass is 9.87. The van der Waals surface area contributed by atoms with E-state index in [1.807, 2.05) is 36.4 Å². The molecule has 0 atom stereocenters. The molecule has 0 unspecified atom stereocenters. The van der Waals surface area contributed by atoms with E-state index in [0.717, 1.165) is 11.1 Å². The monoisotopic (exact) mass is 439 g/mol. The Morgan fingerprint density at radius 1 is 0.844 bits per heavy atom. The van der Waals surface area contributed by atoms with Crippen LogP contribution in [0.1, 0.15) is 63.0 Å². The standard InChI is InChI=1S/C25H33N3O4/c1-24(2,3)19-13-11-17(12-14-19)22(30)26-15-18-9-7-8-10-20(18)28-21(29)16-27-23(31)32-25(4,5)6/h7-14H,15-16H2,1-6H3,(H,26,30)(H,27,31)(H,28,29). The van der Waals surface area contributed by atoms with Crippen LogP contribution in [0.15, 0.2) is 48.5 Å². The molecule has 3 amide bonds. The molecule has 0 aliphatic heterocycles. The fraction of sp³-hybridized carbons (Fsp3) is 0.400. The molecule has 0 radical (unpaired) electrons. The van der Waals surface area contributed by atoms with E-state index in [1.54, 1.807) is 32.9 Å². The van der Waals surface area contributed by atoms with Crippen LogP contribution in [0.25, 0.3) is 0 Å². The van der Waals surface area contributed by atoms with Crippen LogP contribution >= 0.6 is 0 Å². The number of anilines is 1. The highest BCUT2D eigenvalue weighted by molar-refractivity contribution is 5.95. The van der Waals surface area contributed by atoms with E-state index >= 15 is 0 Å². The predicted molar refractivity (Wildman–Crippen MR) is 126 cm³/mol. The Morgan fingerprint density at radius 2 is 1.47 bits per heavy atom. The molecule has 0 aliphatic carbocycles. The van der Waals surface area contributed by atoms with Crippen molar-refractivity contribution in [2.75, 3.05) is 11.9 Å². The maximum absolute atomic E-state index is 12.5. The summed E-state index contributed by atoms with van der Waals surface area (Å²) in [5.74, 6) is -0.592. The largest absolute Gasteiger partial charge is 0.444 e.